The molecule has 2 amide bonds. The minimum atomic E-state index is -6.09. The first kappa shape index (κ1) is 45.6. The highest BCUT2D eigenvalue weighted by molar-refractivity contribution is 7.87. The van der Waals surface area contributed by atoms with Gasteiger partial charge in [-0.3, -0.25) is 0 Å². The maximum absolute atomic E-state index is 12.6. The van der Waals surface area contributed by atoms with E-state index in [1.807, 2.05) is 27.7 Å². The van der Waals surface area contributed by atoms with E-state index in [-0.39, 0.29) is 38.3 Å². The van der Waals surface area contributed by atoms with Gasteiger partial charge in [0.1, 0.15) is 29.9 Å². The Bertz CT molecular complexity index is 1880. The molecule has 0 bridgehead atoms. The van der Waals surface area contributed by atoms with Crippen molar-refractivity contribution < 1.29 is 66.6 Å². The van der Waals surface area contributed by atoms with Crippen molar-refractivity contribution in [2.75, 3.05) is 39.3 Å². The van der Waals surface area contributed by atoms with Gasteiger partial charge in [-0.1, -0.05) is 0 Å². The monoisotopic (exact) mass is 824 g/mol. The van der Waals surface area contributed by atoms with Crippen LogP contribution in [0.5, 0.6) is 0 Å². The third kappa shape index (κ3) is 13.1. The molecule has 2 aromatic heterocycles. The average molecular weight is 825 g/mol. The molecule has 0 unspecified atom stereocenters. The van der Waals surface area contributed by atoms with E-state index in [1.165, 1.54) is 43.8 Å². The first-order valence-corrected chi connectivity index (χ1v) is 20.1. The molecule has 304 valence electrons. The number of aromatic nitrogens is 4. The van der Waals surface area contributed by atoms with Gasteiger partial charge in [0.25, 0.3) is 6.33 Å². The minimum absolute atomic E-state index is 0.222. The molecule has 0 radical (unpaired) electrons. The smallest absolute Gasteiger partial charge is 0.485 e. The first-order chi connectivity index (χ1) is 23.9. The quantitative estimate of drug-likeness (QED) is 0.242. The number of halogens is 3. The van der Waals surface area contributed by atoms with Gasteiger partial charge in [0.15, 0.2) is 10.1 Å². The van der Waals surface area contributed by atoms with Crippen LogP contribution in [0.3, 0.4) is 0 Å². The van der Waals surface area contributed by atoms with E-state index in [0.29, 0.717) is 13.1 Å². The molecule has 2 aromatic rings. The number of rotatable bonds is 4. The number of hydrogen-bond acceptors (Lipinski definition) is 12. The second-order valence-corrected chi connectivity index (χ2v) is 19.0. The standard InChI is InChI=1S/C14H25N4O4S.C13H22N4O4S.CHF3O3S/c1-12-10-16(23(20,21)17-7-6-15(5)11-17)8-9-18(12)13(19)22-14(2,3)4;1-11-9-15(22(19,20)16-6-5-14-10-16)7-8-17(11)12(18)21-13(2,3)4;2-1(3,4)8(5,6)7/h6-7,11-12H,8-10H2,1-5H3;5-6,10-11H,7-9H2,1-4H3;(H,5,6,7)/q+1;;/p-1/t12-;11-;/m00./s1. The number of aryl methyl sites for hydroxylation is 1. The Kier molecular flexibility index (Phi) is 14.5. The van der Waals surface area contributed by atoms with Gasteiger partial charge >= 0.3 is 38.1 Å². The van der Waals surface area contributed by atoms with Crippen LogP contribution in [0.4, 0.5) is 22.8 Å². The molecule has 4 heterocycles. The van der Waals surface area contributed by atoms with Gasteiger partial charge in [-0.15, -0.1) is 3.97 Å². The SMILES string of the molecule is C[C@H]1CN(S(=O)(=O)n2cc[n+](C)c2)CCN1C(=O)OC(C)(C)C.C[C@H]1CN(S(=O)(=O)n2ccnc2)CCN1C(=O)OC(C)(C)C.O=S(=O)([O-])C(F)(F)F. The van der Waals surface area contributed by atoms with Gasteiger partial charge < -0.3 is 23.8 Å². The van der Waals surface area contributed by atoms with Crippen LogP contribution in [0.2, 0.25) is 0 Å². The minimum Gasteiger partial charge on any atom is -0.741 e. The molecule has 25 heteroatoms. The Labute approximate surface area is 308 Å². The highest BCUT2D eigenvalue weighted by Gasteiger charge is 2.39. The Morgan fingerprint density at radius 3 is 1.43 bits per heavy atom. The molecule has 0 N–H and O–H groups in total. The van der Waals surface area contributed by atoms with Gasteiger partial charge in [0, 0.05) is 63.7 Å². The summed E-state index contributed by atoms with van der Waals surface area (Å²) >= 11 is 0. The van der Waals surface area contributed by atoms with Crippen molar-refractivity contribution in [3.63, 3.8) is 0 Å². The predicted octanol–water partition coefficient (Wildman–Crippen LogP) is 1.32. The van der Waals surface area contributed by atoms with Gasteiger partial charge in [0.2, 0.25) is 0 Å². The van der Waals surface area contributed by atoms with E-state index in [2.05, 4.69) is 4.98 Å². The lowest BCUT2D eigenvalue weighted by Crippen LogP contribution is -2.56. The second kappa shape index (κ2) is 16.9. The Morgan fingerprint density at radius 1 is 0.755 bits per heavy atom. The number of hydrogen-bond donors (Lipinski definition) is 0. The van der Waals surface area contributed by atoms with Crippen LogP contribution in [0, 0.1) is 0 Å². The molecular formula is C28H47F3N8O11S3. The van der Waals surface area contributed by atoms with Crippen molar-refractivity contribution in [3.05, 3.63) is 37.4 Å². The molecule has 19 nitrogen and oxygen atoms in total. The molecule has 2 aliphatic heterocycles. The molecule has 0 aromatic carbocycles. The molecule has 2 saturated heterocycles. The summed E-state index contributed by atoms with van der Waals surface area (Å²) in [6.45, 7) is 16.0. The molecule has 4 rings (SSSR count). The van der Waals surface area contributed by atoms with Crippen LogP contribution < -0.4 is 4.57 Å². The lowest BCUT2D eigenvalue weighted by Gasteiger charge is -2.39. The number of nitrogens with zero attached hydrogens (tertiary/aromatic N) is 8. The van der Waals surface area contributed by atoms with Gasteiger partial charge in [-0.05, 0) is 55.4 Å². The predicted molar refractivity (Wildman–Crippen MR) is 180 cm³/mol. The molecule has 0 spiro atoms. The zero-order chi connectivity index (χ0) is 41.0. The van der Waals surface area contributed by atoms with E-state index in [4.69, 9.17) is 22.4 Å². The fourth-order valence-corrected chi connectivity index (χ4v) is 7.49. The molecule has 2 atom stereocenters. The normalized spacial score (nSPS) is 19.7. The summed E-state index contributed by atoms with van der Waals surface area (Å²) in [5, 5.41) is 0. The summed E-state index contributed by atoms with van der Waals surface area (Å²) in [6, 6.07) is -0.514. The highest BCUT2D eigenvalue weighted by Crippen LogP contribution is 2.21. The van der Waals surface area contributed by atoms with Crippen molar-refractivity contribution in [2.45, 2.75) is 84.2 Å². The van der Waals surface area contributed by atoms with E-state index in [9.17, 15) is 39.6 Å². The first-order valence-electron chi connectivity index (χ1n) is 15.9. The Morgan fingerprint density at radius 2 is 1.15 bits per heavy atom. The topological polar surface area (TPSA) is 218 Å². The number of carbonyl (C=O) groups is 2. The zero-order valence-electron chi connectivity index (χ0n) is 30.8. The van der Waals surface area contributed by atoms with E-state index in [1.54, 1.807) is 55.3 Å². The molecule has 53 heavy (non-hydrogen) atoms. The maximum Gasteiger partial charge on any atom is 0.485 e. The largest absolute Gasteiger partial charge is 0.741 e. The summed E-state index contributed by atoms with van der Waals surface area (Å²) in [5.74, 6) is 0. The number of piperazine rings is 2. The molecular weight excluding hydrogens is 778 g/mol. The fraction of sp³-hybridized carbons (Fsp3) is 0.714. The molecule has 2 fully saturated rings. The number of ether oxygens (including phenoxy) is 2. The number of amides is 2. The zero-order valence-corrected chi connectivity index (χ0v) is 33.2. The third-order valence-corrected chi connectivity index (χ3v) is 11.2. The lowest BCUT2D eigenvalue weighted by atomic mass is 10.2. The Balaban J connectivity index is 0.000000306. The van der Waals surface area contributed by atoms with E-state index < -0.39 is 59.4 Å². The third-order valence-electron chi connectivity index (χ3n) is 7.13. The van der Waals surface area contributed by atoms with Crippen LogP contribution in [-0.2, 0) is 47.1 Å². The van der Waals surface area contributed by atoms with Crippen LogP contribution in [-0.4, -0.2) is 141 Å². The molecule has 0 saturated carbocycles. The number of carbonyl (C=O) groups excluding carboxylic acids is 2. The van der Waals surface area contributed by atoms with Crippen molar-refractivity contribution >= 4 is 42.7 Å². The highest BCUT2D eigenvalue weighted by atomic mass is 32.2. The average Bonchev–Trinajstić information content (AvgIpc) is 3.68. The molecule has 2 aliphatic rings. The summed E-state index contributed by atoms with van der Waals surface area (Å²) < 4.78 is 126. The van der Waals surface area contributed by atoms with Crippen LogP contribution in [0.25, 0.3) is 0 Å². The van der Waals surface area contributed by atoms with E-state index >= 15 is 0 Å². The van der Waals surface area contributed by atoms with Crippen LogP contribution >= 0.6 is 0 Å². The van der Waals surface area contributed by atoms with Crippen molar-refractivity contribution in [1.29, 1.82) is 0 Å². The summed E-state index contributed by atoms with van der Waals surface area (Å²) in [5.41, 5.74) is -6.79. The summed E-state index contributed by atoms with van der Waals surface area (Å²) in [6.07, 6.45) is 7.89. The van der Waals surface area contributed by atoms with Crippen LogP contribution in [0.1, 0.15) is 55.4 Å². The van der Waals surface area contributed by atoms with Gasteiger partial charge in [0.05, 0.1) is 7.05 Å². The van der Waals surface area contributed by atoms with Crippen molar-refractivity contribution in [1.82, 2.24) is 31.3 Å². The number of alkyl halides is 3. The summed E-state index contributed by atoms with van der Waals surface area (Å²) in [7, 11) is -11.6. The Hall–Kier alpha value is -3.52. The second-order valence-electron chi connectivity index (χ2n) is 14.0. The summed E-state index contributed by atoms with van der Waals surface area (Å²) in [4.78, 5) is 31.2. The van der Waals surface area contributed by atoms with Crippen molar-refractivity contribution in [2.24, 2.45) is 7.05 Å². The van der Waals surface area contributed by atoms with Gasteiger partial charge in [-0.25, -0.2) is 31.5 Å². The molecule has 0 aliphatic carbocycles. The van der Waals surface area contributed by atoms with Gasteiger partial charge in [-0.2, -0.15) is 38.6 Å². The van der Waals surface area contributed by atoms with Crippen LogP contribution in [0.15, 0.2) is 37.4 Å². The lowest BCUT2D eigenvalue weighted by molar-refractivity contribution is -0.670. The van der Waals surface area contributed by atoms with E-state index in [0.717, 1.165) is 3.97 Å². The number of imidazole rings is 2. The van der Waals surface area contributed by atoms with Crippen molar-refractivity contribution in [3.8, 4) is 0 Å². The fourth-order valence-electron chi connectivity index (χ4n) is 4.66. The maximum atomic E-state index is 12.6.